The number of hydrogen-bond acceptors (Lipinski definition) is 6. The fourth-order valence-corrected chi connectivity index (χ4v) is 4.49. The number of Topliss-reactive ketones (excluding diaryl/α,β-unsaturated/α-hetero) is 1. The molecule has 176 valence electrons. The average Bonchev–Trinajstić information content (AvgIpc) is 3.33. The predicted molar refractivity (Wildman–Crippen MR) is 129 cm³/mol. The first-order chi connectivity index (χ1) is 16.2. The van der Waals surface area contributed by atoms with Crippen LogP contribution < -0.4 is 14.4 Å². The number of nitrogens with zero attached hydrogens (tertiary/aromatic N) is 1. The highest BCUT2D eigenvalue weighted by molar-refractivity contribution is 6.51. The summed E-state index contributed by atoms with van der Waals surface area (Å²) in [6.45, 7) is 5.57. The van der Waals surface area contributed by atoms with Crippen molar-refractivity contribution in [2.45, 2.75) is 26.8 Å². The fraction of sp³-hybridized carbons (Fsp3) is 0.231. The van der Waals surface area contributed by atoms with Crippen molar-refractivity contribution in [3.05, 3.63) is 81.3 Å². The summed E-state index contributed by atoms with van der Waals surface area (Å²) in [5.41, 5.74) is 2.40. The van der Waals surface area contributed by atoms with Gasteiger partial charge in [0.25, 0.3) is 11.7 Å². The molecule has 3 aromatic rings. The zero-order chi connectivity index (χ0) is 24.7. The largest absolute Gasteiger partial charge is 0.507 e. The smallest absolute Gasteiger partial charge is 0.300 e. The van der Waals surface area contributed by atoms with Gasteiger partial charge in [-0.1, -0.05) is 17.7 Å². The van der Waals surface area contributed by atoms with Crippen LogP contribution in [-0.2, 0) is 9.59 Å². The number of carbonyl (C=O) groups is 2. The van der Waals surface area contributed by atoms with E-state index < -0.39 is 23.5 Å². The molecule has 1 aliphatic heterocycles. The number of amides is 1. The summed E-state index contributed by atoms with van der Waals surface area (Å²) in [7, 11) is 2.87. The first-order valence-corrected chi connectivity index (χ1v) is 10.9. The van der Waals surface area contributed by atoms with Gasteiger partial charge in [-0.2, -0.15) is 0 Å². The summed E-state index contributed by atoms with van der Waals surface area (Å²) in [4.78, 5) is 28.0. The van der Waals surface area contributed by atoms with Crippen LogP contribution in [0.25, 0.3) is 5.76 Å². The number of ketones is 1. The van der Waals surface area contributed by atoms with E-state index in [1.165, 1.54) is 31.3 Å². The molecular weight excluding hydrogens is 458 g/mol. The van der Waals surface area contributed by atoms with E-state index >= 15 is 0 Å². The third-order valence-corrected chi connectivity index (χ3v) is 5.98. The average molecular weight is 482 g/mol. The summed E-state index contributed by atoms with van der Waals surface area (Å²) < 4.78 is 16.5. The molecule has 34 heavy (non-hydrogen) atoms. The highest BCUT2D eigenvalue weighted by Gasteiger charge is 2.48. The van der Waals surface area contributed by atoms with Crippen LogP contribution in [0.15, 0.2) is 52.5 Å². The highest BCUT2D eigenvalue weighted by Crippen LogP contribution is 2.45. The van der Waals surface area contributed by atoms with Crippen molar-refractivity contribution in [3.8, 4) is 11.5 Å². The molecule has 0 spiro atoms. The van der Waals surface area contributed by atoms with E-state index in [0.29, 0.717) is 23.0 Å². The Hall–Kier alpha value is -3.71. The highest BCUT2D eigenvalue weighted by atomic mass is 35.5. The van der Waals surface area contributed by atoms with Gasteiger partial charge in [-0.25, -0.2) is 0 Å². The lowest BCUT2D eigenvalue weighted by Gasteiger charge is -2.24. The Kier molecular flexibility index (Phi) is 6.15. The molecule has 1 aliphatic rings. The zero-order valence-corrected chi connectivity index (χ0v) is 20.2. The van der Waals surface area contributed by atoms with Crippen molar-refractivity contribution in [1.82, 2.24) is 0 Å². The summed E-state index contributed by atoms with van der Waals surface area (Å²) in [5, 5.41) is 11.6. The maximum Gasteiger partial charge on any atom is 0.300 e. The van der Waals surface area contributed by atoms with E-state index in [2.05, 4.69) is 0 Å². The third-order valence-electron chi connectivity index (χ3n) is 5.69. The molecule has 0 radical (unpaired) electrons. The molecular formula is C26H24ClNO6. The van der Waals surface area contributed by atoms with Gasteiger partial charge in [0, 0.05) is 11.8 Å². The topological polar surface area (TPSA) is 89.2 Å². The molecule has 1 saturated heterocycles. The predicted octanol–water partition coefficient (Wildman–Crippen LogP) is 5.50. The van der Waals surface area contributed by atoms with E-state index in [-0.39, 0.29) is 21.9 Å². The molecule has 1 amide bonds. The van der Waals surface area contributed by atoms with Crippen molar-refractivity contribution >= 4 is 34.7 Å². The van der Waals surface area contributed by atoms with Gasteiger partial charge in [-0.05, 0) is 62.2 Å². The Morgan fingerprint density at radius 3 is 2.18 bits per heavy atom. The maximum absolute atomic E-state index is 13.3. The van der Waals surface area contributed by atoms with Gasteiger partial charge in [-0.15, -0.1) is 0 Å². The number of rotatable bonds is 5. The molecule has 1 atom stereocenters. The van der Waals surface area contributed by atoms with Gasteiger partial charge < -0.3 is 19.0 Å². The Balaban J connectivity index is 1.99. The number of methoxy groups -OCH3 is 2. The van der Waals surface area contributed by atoms with E-state index in [0.717, 1.165) is 11.1 Å². The van der Waals surface area contributed by atoms with Crippen LogP contribution >= 0.6 is 11.6 Å². The van der Waals surface area contributed by atoms with Crippen molar-refractivity contribution in [3.63, 3.8) is 0 Å². The second kappa shape index (κ2) is 8.91. The number of furan rings is 1. The standard InChI is InChI=1S/C26H24ClNO6/c1-13-8-14(2)10-16(9-13)28-23(19-7-6-15(3)34-19)22(25(30)26(28)31)24(29)17-11-18(27)21(33-5)12-20(17)32-4/h6-12,23,29H,1-5H3/b24-22+. The first-order valence-electron chi connectivity index (χ1n) is 10.5. The molecule has 8 heteroatoms. The lowest BCUT2D eigenvalue weighted by Crippen LogP contribution is -2.29. The molecule has 0 bridgehead atoms. The lowest BCUT2D eigenvalue weighted by molar-refractivity contribution is -0.132. The summed E-state index contributed by atoms with van der Waals surface area (Å²) in [6, 6.07) is 11.0. The van der Waals surface area contributed by atoms with Crippen LogP contribution in [0.3, 0.4) is 0 Å². The zero-order valence-electron chi connectivity index (χ0n) is 19.4. The number of anilines is 1. The van der Waals surface area contributed by atoms with E-state index in [9.17, 15) is 14.7 Å². The molecule has 2 aromatic carbocycles. The number of aryl methyl sites for hydroxylation is 3. The number of ether oxygens (including phenoxy) is 2. The minimum Gasteiger partial charge on any atom is -0.507 e. The second-order valence-electron chi connectivity index (χ2n) is 8.15. The van der Waals surface area contributed by atoms with Gasteiger partial charge in [0.1, 0.15) is 34.8 Å². The van der Waals surface area contributed by atoms with Crippen LogP contribution in [0.5, 0.6) is 11.5 Å². The van der Waals surface area contributed by atoms with Crippen LogP contribution in [0.4, 0.5) is 5.69 Å². The Bertz CT molecular complexity index is 1320. The Morgan fingerprint density at radius 1 is 0.971 bits per heavy atom. The minimum absolute atomic E-state index is 0.127. The maximum atomic E-state index is 13.3. The van der Waals surface area contributed by atoms with Crippen LogP contribution in [0.2, 0.25) is 5.02 Å². The number of carbonyl (C=O) groups excluding carboxylic acids is 2. The number of benzene rings is 2. The van der Waals surface area contributed by atoms with E-state index in [4.69, 9.17) is 25.5 Å². The molecule has 0 aliphatic carbocycles. The molecule has 7 nitrogen and oxygen atoms in total. The van der Waals surface area contributed by atoms with Gasteiger partial charge in [0.2, 0.25) is 0 Å². The summed E-state index contributed by atoms with van der Waals surface area (Å²) in [6.07, 6.45) is 0. The van der Waals surface area contributed by atoms with Gasteiger partial charge in [-0.3, -0.25) is 14.5 Å². The molecule has 1 aromatic heterocycles. The third kappa shape index (κ3) is 3.92. The SMILES string of the molecule is COc1cc(OC)c(/C(O)=C2\C(=O)C(=O)N(c3cc(C)cc(C)c3)C2c2ccc(C)o2)cc1Cl. The van der Waals surface area contributed by atoms with Gasteiger partial charge in [0.05, 0.1) is 30.4 Å². The van der Waals surface area contributed by atoms with Crippen molar-refractivity contribution in [2.75, 3.05) is 19.1 Å². The van der Waals surface area contributed by atoms with Gasteiger partial charge >= 0.3 is 0 Å². The quantitative estimate of drug-likeness (QED) is 0.294. The molecule has 0 saturated carbocycles. The number of halogens is 1. The van der Waals surface area contributed by atoms with Crippen molar-refractivity contribution < 1.29 is 28.6 Å². The monoisotopic (exact) mass is 481 g/mol. The molecule has 4 rings (SSSR count). The van der Waals surface area contributed by atoms with E-state index in [1.807, 2.05) is 32.0 Å². The number of aliphatic hydroxyl groups excluding tert-OH is 1. The molecule has 1 fully saturated rings. The first kappa shape index (κ1) is 23.4. The molecule has 1 unspecified atom stereocenters. The Morgan fingerprint density at radius 2 is 1.62 bits per heavy atom. The van der Waals surface area contributed by atoms with Crippen LogP contribution in [0, 0.1) is 20.8 Å². The minimum atomic E-state index is -0.986. The fourth-order valence-electron chi connectivity index (χ4n) is 4.25. The Labute approximate surface area is 202 Å². The second-order valence-corrected chi connectivity index (χ2v) is 8.56. The molecule has 1 N–H and O–H groups in total. The van der Waals surface area contributed by atoms with Crippen LogP contribution in [-0.4, -0.2) is 31.0 Å². The van der Waals surface area contributed by atoms with Crippen molar-refractivity contribution in [1.29, 1.82) is 0 Å². The lowest BCUT2D eigenvalue weighted by atomic mass is 9.98. The normalized spacial score (nSPS) is 17.4. The number of aliphatic hydroxyl groups is 1. The summed E-state index contributed by atoms with van der Waals surface area (Å²) >= 11 is 6.30. The van der Waals surface area contributed by atoms with E-state index in [1.54, 1.807) is 19.1 Å². The van der Waals surface area contributed by atoms with Crippen molar-refractivity contribution in [2.24, 2.45) is 0 Å². The van der Waals surface area contributed by atoms with Gasteiger partial charge in [0.15, 0.2) is 0 Å². The number of hydrogen-bond donors (Lipinski definition) is 1. The molecule has 2 heterocycles. The van der Waals surface area contributed by atoms with Crippen LogP contribution in [0.1, 0.15) is 34.3 Å². The summed E-state index contributed by atoms with van der Waals surface area (Å²) in [5.74, 6) is -0.531.